The summed E-state index contributed by atoms with van der Waals surface area (Å²) in [6, 6.07) is 3.62. The van der Waals surface area contributed by atoms with Crippen molar-refractivity contribution < 1.29 is 19.9 Å². The predicted molar refractivity (Wildman–Crippen MR) is 62.3 cm³/mol. The molecule has 2 atom stereocenters. The van der Waals surface area contributed by atoms with Crippen molar-refractivity contribution in [2.24, 2.45) is 5.73 Å². The number of benzene rings is 1. The van der Waals surface area contributed by atoms with Crippen LogP contribution in [-0.4, -0.2) is 27.1 Å². The van der Waals surface area contributed by atoms with Crippen LogP contribution < -0.4 is 11.5 Å². The van der Waals surface area contributed by atoms with Crippen LogP contribution in [-0.2, 0) is 4.79 Å². The van der Waals surface area contributed by atoms with E-state index in [0.717, 1.165) is 6.07 Å². The van der Waals surface area contributed by atoms with E-state index in [9.17, 15) is 25.1 Å². The maximum absolute atomic E-state index is 10.7. The highest BCUT2D eigenvalue weighted by Gasteiger charge is 2.23. The third-order valence-electron chi connectivity index (χ3n) is 2.37. The number of nitrogens with zero attached hydrogens (tertiary/aromatic N) is 1. The van der Waals surface area contributed by atoms with Crippen molar-refractivity contribution in [3.05, 3.63) is 33.9 Å². The van der Waals surface area contributed by atoms with Crippen molar-refractivity contribution in [1.29, 1.82) is 0 Å². The van der Waals surface area contributed by atoms with Gasteiger partial charge in [0.05, 0.1) is 17.4 Å². The summed E-state index contributed by atoms with van der Waals surface area (Å²) in [4.78, 5) is 20.5. The van der Waals surface area contributed by atoms with Crippen LogP contribution in [0.3, 0.4) is 0 Å². The zero-order chi connectivity index (χ0) is 13.9. The summed E-state index contributed by atoms with van der Waals surface area (Å²) in [7, 11) is 0. The second-order valence-corrected chi connectivity index (χ2v) is 3.76. The molecule has 0 saturated carbocycles. The Kier molecular flexibility index (Phi) is 4.18. The van der Waals surface area contributed by atoms with Gasteiger partial charge in [-0.1, -0.05) is 6.07 Å². The maximum Gasteiger partial charge on any atom is 0.292 e. The van der Waals surface area contributed by atoms with Crippen LogP contribution in [0.15, 0.2) is 18.2 Å². The summed E-state index contributed by atoms with van der Waals surface area (Å²) in [5, 5.41) is 29.9. The molecule has 0 spiro atoms. The summed E-state index contributed by atoms with van der Waals surface area (Å²) in [5.41, 5.74) is 9.92. The first-order valence-electron chi connectivity index (χ1n) is 5.01. The Morgan fingerprint density at radius 1 is 1.44 bits per heavy atom. The van der Waals surface area contributed by atoms with Gasteiger partial charge in [-0.25, -0.2) is 0 Å². The fourth-order valence-electron chi connectivity index (χ4n) is 1.44. The first kappa shape index (κ1) is 13.9. The standard InChI is InChI=1S/C10H13N3O5/c11-6-2-1-5(3-7(6)13(17)18)10(16)8(14)4-9(12)15/h1-3,8,10,14,16H,4,11H2,(H2,12,15). The smallest absolute Gasteiger partial charge is 0.292 e. The maximum atomic E-state index is 10.7. The van der Waals surface area contributed by atoms with Crippen LogP contribution in [0.5, 0.6) is 0 Å². The van der Waals surface area contributed by atoms with Crippen LogP contribution in [0.1, 0.15) is 18.1 Å². The molecule has 1 amide bonds. The molecule has 1 rings (SSSR count). The number of rotatable bonds is 5. The topological polar surface area (TPSA) is 153 Å². The molecule has 1 aromatic carbocycles. The average molecular weight is 255 g/mol. The van der Waals surface area contributed by atoms with Gasteiger partial charge in [0.1, 0.15) is 11.8 Å². The van der Waals surface area contributed by atoms with Crippen LogP contribution in [0.2, 0.25) is 0 Å². The molecule has 2 unspecified atom stereocenters. The molecule has 0 aliphatic heterocycles. The Balaban J connectivity index is 2.99. The van der Waals surface area contributed by atoms with Crippen LogP contribution >= 0.6 is 0 Å². The first-order valence-corrected chi connectivity index (χ1v) is 5.01. The quantitative estimate of drug-likeness (QED) is 0.314. The van der Waals surface area contributed by atoms with Crippen molar-refractivity contribution in [1.82, 2.24) is 0 Å². The number of primary amides is 1. The number of nitro groups is 1. The van der Waals surface area contributed by atoms with Gasteiger partial charge in [0.25, 0.3) is 5.69 Å². The van der Waals surface area contributed by atoms with Gasteiger partial charge in [-0.05, 0) is 11.6 Å². The number of anilines is 1. The normalized spacial score (nSPS) is 13.9. The molecule has 98 valence electrons. The number of aliphatic hydroxyl groups excluding tert-OH is 2. The van der Waals surface area contributed by atoms with E-state index in [2.05, 4.69) is 0 Å². The third kappa shape index (κ3) is 3.15. The van der Waals surface area contributed by atoms with Crippen molar-refractivity contribution in [3.8, 4) is 0 Å². The highest BCUT2D eigenvalue weighted by Crippen LogP contribution is 2.27. The molecule has 0 aliphatic carbocycles. The molecule has 0 heterocycles. The summed E-state index contributed by atoms with van der Waals surface area (Å²) in [6.45, 7) is 0. The second-order valence-electron chi connectivity index (χ2n) is 3.76. The Morgan fingerprint density at radius 2 is 2.06 bits per heavy atom. The van der Waals surface area contributed by atoms with Crippen LogP contribution in [0.25, 0.3) is 0 Å². The molecule has 6 N–H and O–H groups in total. The predicted octanol–water partition coefficient (Wildman–Crippen LogP) is -0.553. The lowest BCUT2D eigenvalue weighted by atomic mass is 10.0. The number of nitro benzene ring substituents is 1. The van der Waals surface area contributed by atoms with Crippen molar-refractivity contribution in [3.63, 3.8) is 0 Å². The Bertz CT molecular complexity index is 477. The van der Waals surface area contributed by atoms with Gasteiger partial charge >= 0.3 is 0 Å². The van der Waals surface area contributed by atoms with Gasteiger partial charge in [-0.15, -0.1) is 0 Å². The van der Waals surface area contributed by atoms with Gasteiger partial charge in [-0.2, -0.15) is 0 Å². The number of hydrogen-bond acceptors (Lipinski definition) is 6. The minimum atomic E-state index is -1.45. The van der Waals surface area contributed by atoms with E-state index in [0.29, 0.717) is 0 Å². The lowest BCUT2D eigenvalue weighted by molar-refractivity contribution is -0.384. The largest absolute Gasteiger partial charge is 0.393 e. The molecule has 0 aliphatic rings. The van der Waals surface area contributed by atoms with Crippen molar-refractivity contribution in [2.75, 3.05) is 5.73 Å². The van der Waals surface area contributed by atoms with E-state index >= 15 is 0 Å². The first-order chi connectivity index (χ1) is 8.32. The van der Waals surface area contributed by atoms with Gasteiger partial charge in [0.15, 0.2) is 0 Å². The Morgan fingerprint density at radius 3 is 2.56 bits per heavy atom. The zero-order valence-electron chi connectivity index (χ0n) is 9.31. The molecule has 0 aromatic heterocycles. The molecule has 18 heavy (non-hydrogen) atoms. The van der Waals surface area contributed by atoms with E-state index in [4.69, 9.17) is 11.5 Å². The number of nitrogens with two attached hydrogens (primary N) is 2. The number of carbonyl (C=O) groups excluding carboxylic acids is 1. The number of nitrogen functional groups attached to an aromatic ring is 1. The Hall–Kier alpha value is -2.19. The van der Waals surface area contributed by atoms with Crippen molar-refractivity contribution >= 4 is 17.3 Å². The number of hydrogen-bond donors (Lipinski definition) is 4. The molecule has 0 radical (unpaired) electrons. The van der Waals surface area contributed by atoms with Crippen LogP contribution in [0.4, 0.5) is 11.4 Å². The van der Waals surface area contributed by atoms with Crippen LogP contribution in [0, 0.1) is 10.1 Å². The highest BCUT2D eigenvalue weighted by atomic mass is 16.6. The average Bonchev–Trinajstić information content (AvgIpc) is 2.27. The lowest BCUT2D eigenvalue weighted by Gasteiger charge is -2.16. The van der Waals surface area contributed by atoms with E-state index < -0.39 is 29.5 Å². The van der Waals surface area contributed by atoms with Crippen molar-refractivity contribution in [2.45, 2.75) is 18.6 Å². The molecular weight excluding hydrogens is 242 g/mol. The van der Waals surface area contributed by atoms with E-state index in [1.165, 1.54) is 12.1 Å². The number of carbonyl (C=O) groups is 1. The zero-order valence-corrected chi connectivity index (χ0v) is 9.31. The molecule has 8 nitrogen and oxygen atoms in total. The van der Waals surface area contributed by atoms with Gasteiger partial charge < -0.3 is 21.7 Å². The molecule has 8 heteroatoms. The van der Waals surface area contributed by atoms with E-state index in [-0.39, 0.29) is 16.9 Å². The fraction of sp³-hybridized carbons (Fsp3) is 0.300. The molecule has 1 aromatic rings. The van der Waals surface area contributed by atoms with E-state index in [1.54, 1.807) is 0 Å². The molecular formula is C10H13N3O5. The van der Waals surface area contributed by atoms with Gasteiger partial charge in [0.2, 0.25) is 5.91 Å². The Labute approximate surface area is 102 Å². The molecule has 0 saturated heterocycles. The fourth-order valence-corrected chi connectivity index (χ4v) is 1.44. The minimum absolute atomic E-state index is 0.0552. The summed E-state index contributed by atoms with van der Waals surface area (Å²) >= 11 is 0. The minimum Gasteiger partial charge on any atom is -0.393 e. The highest BCUT2D eigenvalue weighted by molar-refractivity contribution is 5.74. The van der Waals surface area contributed by atoms with Gasteiger partial charge in [0, 0.05) is 6.07 Å². The number of aliphatic hydroxyl groups is 2. The SMILES string of the molecule is NC(=O)CC(O)C(O)c1ccc(N)c([N+](=O)[O-])c1. The monoisotopic (exact) mass is 255 g/mol. The summed E-state index contributed by atoms with van der Waals surface area (Å²) in [6.07, 6.45) is -3.32. The molecule has 0 bridgehead atoms. The third-order valence-corrected chi connectivity index (χ3v) is 2.37. The molecule has 0 fully saturated rings. The summed E-state index contributed by atoms with van der Waals surface area (Å²) in [5.74, 6) is -0.786. The van der Waals surface area contributed by atoms with Gasteiger partial charge in [-0.3, -0.25) is 14.9 Å². The van der Waals surface area contributed by atoms with E-state index in [1.807, 2.05) is 0 Å². The second kappa shape index (κ2) is 5.43. The number of amides is 1. The summed E-state index contributed by atoms with van der Waals surface area (Å²) < 4.78 is 0. The lowest BCUT2D eigenvalue weighted by Crippen LogP contribution is -2.25.